The van der Waals surface area contributed by atoms with Crippen LogP contribution in [0.1, 0.15) is 13.8 Å². The Balaban J connectivity index is 1.96. The van der Waals surface area contributed by atoms with E-state index in [-0.39, 0.29) is 11.8 Å². The second-order valence-electron chi connectivity index (χ2n) is 5.98. The molecule has 134 valence electrons. The highest BCUT2D eigenvalue weighted by atomic mass is 19.1. The van der Waals surface area contributed by atoms with Gasteiger partial charge in [-0.25, -0.2) is 9.37 Å². The lowest BCUT2D eigenvalue weighted by Crippen LogP contribution is -2.13. The number of ether oxygens (including phenoxy) is 1. The van der Waals surface area contributed by atoms with Crippen molar-refractivity contribution in [3.8, 4) is 17.0 Å². The van der Waals surface area contributed by atoms with E-state index in [1.54, 1.807) is 30.6 Å². The third-order valence-corrected chi connectivity index (χ3v) is 3.53. The molecule has 0 unspecified atom stereocenters. The summed E-state index contributed by atoms with van der Waals surface area (Å²) in [6, 6.07) is 10.4. The summed E-state index contributed by atoms with van der Waals surface area (Å²) < 4.78 is 18.9. The van der Waals surface area contributed by atoms with Gasteiger partial charge in [0.15, 0.2) is 11.6 Å². The van der Waals surface area contributed by atoms with Crippen molar-refractivity contribution in [1.29, 1.82) is 0 Å². The van der Waals surface area contributed by atoms with Crippen molar-refractivity contribution in [3.63, 3.8) is 0 Å². The normalized spacial score (nSPS) is 10.7. The quantitative estimate of drug-likeness (QED) is 0.690. The van der Waals surface area contributed by atoms with Crippen LogP contribution in [0.4, 0.5) is 21.8 Å². The molecule has 0 aliphatic carbocycles. The predicted octanol–water partition coefficient (Wildman–Crippen LogP) is 4.25. The minimum absolute atomic E-state index is 0.172. The van der Waals surface area contributed by atoms with E-state index in [9.17, 15) is 4.39 Å². The minimum Gasteiger partial charge on any atom is -0.494 e. The van der Waals surface area contributed by atoms with Crippen LogP contribution in [0, 0.1) is 5.82 Å². The highest BCUT2D eigenvalue weighted by Crippen LogP contribution is 2.26. The van der Waals surface area contributed by atoms with Crippen LogP contribution in [0.15, 0.2) is 48.8 Å². The summed E-state index contributed by atoms with van der Waals surface area (Å²) in [6.45, 7) is 4.01. The van der Waals surface area contributed by atoms with Crippen LogP contribution in [0.25, 0.3) is 11.3 Å². The second-order valence-corrected chi connectivity index (χ2v) is 5.98. The highest BCUT2D eigenvalue weighted by molar-refractivity contribution is 5.67. The van der Waals surface area contributed by atoms with Gasteiger partial charge < -0.3 is 15.4 Å². The van der Waals surface area contributed by atoms with Gasteiger partial charge in [0, 0.05) is 41.8 Å². The van der Waals surface area contributed by atoms with Crippen LogP contribution >= 0.6 is 0 Å². The van der Waals surface area contributed by atoms with Gasteiger partial charge in [-0.3, -0.25) is 4.98 Å². The van der Waals surface area contributed by atoms with Crippen molar-refractivity contribution in [2.24, 2.45) is 0 Å². The smallest absolute Gasteiger partial charge is 0.225 e. The zero-order chi connectivity index (χ0) is 18.5. The number of hydrogen-bond donors (Lipinski definition) is 2. The topological polar surface area (TPSA) is 72.0 Å². The van der Waals surface area contributed by atoms with Crippen molar-refractivity contribution in [3.05, 3.63) is 54.6 Å². The van der Waals surface area contributed by atoms with E-state index in [1.807, 2.05) is 26.0 Å². The molecule has 0 saturated heterocycles. The fourth-order valence-electron chi connectivity index (χ4n) is 2.39. The van der Waals surface area contributed by atoms with E-state index in [0.717, 1.165) is 5.56 Å². The molecule has 0 radical (unpaired) electrons. The molecular formula is C19H20FN5O. The second kappa shape index (κ2) is 7.77. The maximum absolute atomic E-state index is 13.9. The molecule has 0 bridgehead atoms. The number of rotatable bonds is 6. The highest BCUT2D eigenvalue weighted by Gasteiger charge is 2.10. The van der Waals surface area contributed by atoms with Crippen LogP contribution in [0.2, 0.25) is 0 Å². The van der Waals surface area contributed by atoms with Gasteiger partial charge in [-0.05, 0) is 38.1 Å². The summed E-state index contributed by atoms with van der Waals surface area (Å²) >= 11 is 0. The lowest BCUT2D eigenvalue weighted by molar-refractivity contribution is 0.386. The molecule has 3 aromatic rings. The standard InChI is InChI=1S/C19H20FN5O/c1-12(2)22-19-24-16(13-5-4-8-21-11-13)10-18(25-19)23-14-6-7-17(26-3)15(20)9-14/h4-12H,1-3H3,(H2,22,23,24,25). The molecule has 2 N–H and O–H groups in total. The summed E-state index contributed by atoms with van der Waals surface area (Å²) in [7, 11) is 1.43. The zero-order valence-corrected chi connectivity index (χ0v) is 14.8. The SMILES string of the molecule is COc1ccc(Nc2cc(-c3cccnc3)nc(NC(C)C)n2)cc1F. The van der Waals surface area contributed by atoms with E-state index in [4.69, 9.17) is 4.74 Å². The Labute approximate surface area is 151 Å². The van der Waals surface area contributed by atoms with E-state index >= 15 is 0 Å². The Hall–Kier alpha value is -3.22. The third kappa shape index (κ3) is 4.24. The van der Waals surface area contributed by atoms with Crippen molar-refractivity contribution in [2.45, 2.75) is 19.9 Å². The van der Waals surface area contributed by atoms with Crippen LogP contribution < -0.4 is 15.4 Å². The monoisotopic (exact) mass is 353 g/mol. The number of benzene rings is 1. The van der Waals surface area contributed by atoms with Gasteiger partial charge in [0.25, 0.3) is 0 Å². The molecule has 26 heavy (non-hydrogen) atoms. The minimum atomic E-state index is -0.445. The van der Waals surface area contributed by atoms with Gasteiger partial charge in [-0.1, -0.05) is 0 Å². The van der Waals surface area contributed by atoms with Crippen LogP contribution in [0.5, 0.6) is 5.75 Å². The molecule has 2 aromatic heterocycles. The van der Waals surface area contributed by atoms with Crippen molar-refractivity contribution >= 4 is 17.5 Å². The number of nitrogens with one attached hydrogen (secondary N) is 2. The number of anilines is 3. The summed E-state index contributed by atoms with van der Waals surface area (Å²) in [4.78, 5) is 13.1. The lowest BCUT2D eigenvalue weighted by atomic mass is 10.2. The molecule has 0 spiro atoms. The maximum atomic E-state index is 13.9. The lowest BCUT2D eigenvalue weighted by Gasteiger charge is -2.13. The first-order chi connectivity index (χ1) is 12.5. The molecule has 0 aliphatic heterocycles. The molecule has 7 heteroatoms. The van der Waals surface area contributed by atoms with E-state index in [2.05, 4.69) is 25.6 Å². The number of methoxy groups -OCH3 is 1. The van der Waals surface area contributed by atoms with Gasteiger partial charge in [-0.2, -0.15) is 4.98 Å². The number of halogens is 1. The molecule has 0 amide bonds. The maximum Gasteiger partial charge on any atom is 0.225 e. The Kier molecular flexibility index (Phi) is 5.26. The van der Waals surface area contributed by atoms with Gasteiger partial charge in [0.2, 0.25) is 5.95 Å². The van der Waals surface area contributed by atoms with Crippen molar-refractivity contribution in [1.82, 2.24) is 15.0 Å². The first-order valence-corrected chi connectivity index (χ1v) is 8.21. The predicted molar refractivity (Wildman–Crippen MR) is 100 cm³/mol. The Bertz CT molecular complexity index is 886. The summed E-state index contributed by atoms with van der Waals surface area (Å²) in [5, 5.41) is 6.31. The largest absolute Gasteiger partial charge is 0.494 e. The molecule has 1 aromatic carbocycles. The number of nitrogens with zero attached hydrogens (tertiary/aromatic N) is 3. The Morgan fingerprint density at radius 1 is 1.12 bits per heavy atom. The van der Waals surface area contributed by atoms with Gasteiger partial charge in [0.1, 0.15) is 5.82 Å². The van der Waals surface area contributed by atoms with E-state index in [0.29, 0.717) is 23.1 Å². The average Bonchev–Trinajstić information content (AvgIpc) is 2.62. The Morgan fingerprint density at radius 2 is 1.96 bits per heavy atom. The summed E-state index contributed by atoms with van der Waals surface area (Å²) in [6.07, 6.45) is 3.44. The molecule has 0 aliphatic rings. The van der Waals surface area contributed by atoms with Crippen molar-refractivity contribution in [2.75, 3.05) is 17.7 Å². The fourth-order valence-corrected chi connectivity index (χ4v) is 2.39. The van der Waals surface area contributed by atoms with Crippen LogP contribution in [-0.2, 0) is 0 Å². The first kappa shape index (κ1) is 17.6. The van der Waals surface area contributed by atoms with Gasteiger partial charge in [-0.15, -0.1) is 0 Å². The molecule has 6 nitrogen and oxygen atoms in total. The summed E-state index contributed by atoms with van der Waals surface area (Å²) in [5.74, 6) is 0.778. The number of aromatic nitrogens is 3. The van der Waals surface area contributed by atoms with E-state index in [1.165, 1.54) is 13.2 Å². The molecule has 0 atom stereocenters. The van der Waals surface area contributed by atoms with Crippen molar-refractivity contribution < 1.29 is 9.13 Å². The number of hydrogen-bond acceptors (Lipinski definition) is 6. The Morgan fingerprint density at radius 3 is 2.62 bits per heavy atom. The molecule has 2 heterocycles. The van der Waals surface area contributed by atoms with Gasteiger partial charge >= 0.3 is 0 Å². The molecule has 0 saturated carbocycles. The van der Waals surface area contributed by atoms with Crippen LogP contribution in [0.3, 0.4) is 0 Å². The molecule has 3 rings (SSSR count). The average molecular weight is 353 g/mol. The van der Waals surface area contributed by atoms with Gasteiger partial charge in [0.05, 0.1) is 12.8 Å². The third-order valence-electron chi connectivity index (χ3n) is 3.53. The molecular weight excluding hydrogens is 333 g/mol. The van der Waals surface area contributed by atoms with Crippen LogP contribution in [-0.4, -0.2) is 28.1 Å². The fraction of sp³-hybridized carbons (Fsp3) is 0.211. The first-order valence-electron chi connectivity index (χ1n) is 8.21. The zero-order valence-electron chi connectivity index (χ0n) is 14.8. The molecule has 0 fully saturated rings. The summed E-state index contributed by atoms with van der Waals surface area (Å²) in [5.41, 5.74) is 2.15. The van der Waals surface area contributed by atoms with E-state index < -0.39 is 5.82 Å². The number of pyridine rings is 1.